The van der Waals surface area contributed by atoms with Crippen LogP contribution in [0.4, 0.5) is 5.82 Å². The first-order valence-corrected chi connectivity index (χ1v) is 11.1. The quantitative estimate of drug-likeness (QED) is 0.290. The summed E-state index contributed by atoms with van der Waals surface area (Å²) in [7, 11) is 1.89. The molecule has 1 unspecified atom stereocenters. The Balaban J connectivity index is 1.29. The van der Waals surface area contributed by atoms with Crippen LogP contribution in [0.1, 0.15) is 19.3 Å². The van der Waals surface area contributed by atoms with Gasteiger partial charge in [-0.25, -0.2) is 4.98 Å². The zero-order chi connectivity index (χ0) is 19.4. The van der Waals surface area contributed by atoms with Gasteiger partial charge in [0.15, 0.2) is 5.96 Å². The van der Waals surface area contributed by atoms with Gasteiger partial charge in [0.2, 0.25) is 0 Å². The fourth-order valence-corrected chi connectivity index (χ4v) is 4.41. The highest BCUT2D eigenvalue weighted by Gasteiger charge is 2.24. The first-order valence-electron chi connectivity index (χ1n) is 10.1. The van der Waals surface area contributed by atoms with Crippen molar-refractivity contribution in [2.75, 3.05) is 44.3 Å². The van der Waals surface area contributed by atoms with E-state index in [4.69, 9.17) is 0 Å². The van der Waals surface area contributed by atoms with Crippen molar-refractivity contribution >= 4 is 23.5 Å². The predicted octanol–water partition coefficient (Wildman–Crippen LogP) is 3.96. The van der Waals surface area contributed by atoms with Crippen molar-refractivity contribution in [3.05, 3.63) is 54.7 Å². The number of anilines is 1. The fourth-order valence-electron chi connectivity index (χ4n) is 3.36. The molecule has 2 heterocycles. The van der Waals surface area contributed by atoms with E-state index in [1.807, 2.05) is 43.2 Å². The van der Waals surface area contributed by atoms with Crippen LogP contribution in [0, 0.1) is 5.92 Å². The van der Waals surface area contributed by atoms with Gasteiger partial charge in [-0.2, -0.15) is 0 Å². The maximum absolute atomic E-state index is 4.49. The number of likely N-dealkylation sites (tertiary alicyclic amines) is 1. The Labute approximate surface area is 173 Å². The fraction of sp³-hybridized carbons (Fsp3) is 0.455. The largest absolute Gasteiger partial charge is 0.370 e. The Morgan fingerprint density at radius 2 is 1.96 bits per heavy atom. The number of thioether (sulfide) groups is 1. The number of hydrogen-bond acceptors (Lipinski definition) is 4. The molecule has 0 saturated carbocycles. The van der Waals surface area contributed by atoms with Crippen LogP contribution in [0.15, 0.2) is 64.6 Å². The minimum atomic E-state index is 0.728. The van der Waals surface area contributed by atoms with Crippen LogP contribution in [-0.2, 0) is 0 Å². The lowest BCUT2D eigenvalue weighted by atomic mass is 10.2. The Bertz CT molecular complexity index is 707. The van der Waals surface area contributed by atoms with Crippen LogP contribution in [0.3, 0.4) is 0 Å². The molecule has 1 aliphatic heterocycles. The van der Waals surface area contributed by atoms with Crippen molar-refractivity contribution in [2.24, 2.45) is 10.9 Å². The Hall–Kier alpha value is -2.21. The standard InChI is InChI=1S/C22H31N5S/c1-23-22(26-15-8-7-14-25-21-11-5-6-13-24-21)27-16-12-19(17-27)18-28-20-9-3-2-4-10-20/h2-6,9-11,13,19H,7-8,12,14-18H2,1H3,(H,23,26)(H,24,25). The number of aliphatic imine (C=N–C) groups is 1. The number of aromatic nitrogens is 1. The zero-order valence-corrected chi connectivity index (χ0v) is 17.5. The highest BCUT2D eigenvalue weighted by molar-refractivity contribution is 7.99. The summed E-state index contributed by atoms with van der Waals surface area (Å²) >= 11 is 1.97. The lowest BCUT2D eigenvalue weighted by Crippen LogP contribution is -2.40. The summed E-state index contributed by atoms with van der Waals surface area (Å²) in [5.74, 6) is 3.90. The van der Waals surface area contributed by atoms with Crippen molar-refractivity contribution in [3.63, 3.8) is 0 Å². The van der Waals surface area contributed by atoms with E-state index in [0.717, 1.165) is 56.7 Å². The van der Waals surface area contributed by atoms with E-state index < -0.39 is 0 Å². The molecule has 1 aliphatic rings. The third kappa shape index (κ3) is 6.75. The number of rotatable bonds is 9. The molecule has 1 atom stereocenters. The van der Waals surface area contributed by atoms with Crippen LogP contribution in [-0.4, -0.2) is 54.8 Å². The van der Waals surface area contributed by atoms with Crippen molar-refractivity contribution in [2.45, 2.75) is 24.2 Å². The minimum absolute atomic E-state index is 0.728. The van der Waals surface area contributed by atoms with Gasteiger partial charge in [0.25, 0.3) is 0 Å². The maximum Gasteiger partial charge on any atom is 0.193 e. The monoisotopic (exact) mass is 397 g/mol. The molecule has 1 saturated heterocycles. The summed E-state index contributed by atoms with van der Waals surface area (Å²) in [6, 6.07) is 16.6. The third-order valence-electron chi connectivity index (χ3n) is 4.88. The van der Waals surface area contributed by atoms with Gasteiger partial charge in [0.05, 0.1) is 0 Å². The third-order valence-corrected chi connectivity index (χ3v) is 6.13. The lowest BCUT2D eigenvalue weighted by molar-refractivity contribution is 0.473. The van der Waals surface area contributed by atoms with E-state index in [-0.39, 0.29) is 0 Å². The molecule has 0 bridgehead atoms. The molecule has 1 aromatic carbocycles. The molecular weight excluding hydrogens is 366 g/mol. The molecule has 6 heteroatoms. The summed E-state index contributed by atoms with van der Waals surface area (Å²) in [6.45, 7) is 4.10. The molecule has 28 heavy (non-hydrogen) atoms. The Morgan fingerprint density at radius 3 is 2.75 bits per heavy atom. The van der Waals surface area contributed by atoms with Crippen molar-refractivity contribution in [1.29, 1.82) is 0 Å². The molecule has 2 aromatic rings. The van der Waals surface area contributed by atoms with Crippen LogP contribution >= 0.6 is 11.8 Å². The summed E-state index contributed by atoms with van der Waals surface area (Å²) in [6.07, 6.45) is 5.28. The van der Waals surface area contributed by atoms with Gasteiger partial charge < -0.3 is 15.5 Å². The highest BCUT2D eigenvalue weighted by Crippen LogP contribution is 2.25. The van der Waals surface area contributed by atoms with Gasteiger partial charge in [0, 0.05) is 50.1 Å². The number of benzene rings is 1. The van der Waals surface area contributed by atoms with Crippen molar-refractivity contribution < 1.29 is 0 Å². The number of pyridine rings is 1. The van der Waals surface area contributed by atoms with Crippen LogP contribution < -0.4 is 10.6 Å². The second-order valence-corrected chi connectivity index (χ2v) is 8.14. The van der Waals surface area contributed by atoms with E-state index in [1.54, 1.807) is 0 Å². The summed E-state index contributed by atoms with van der Waals surface area (Å²) in [5, 5.41) is 6.88. The summed E-state index contributed by atoms with van der Waals surface area (Å²) < 4.78 is 0. The minimum Gasteiger partial charge on any atom is -0.370 e. The van der Waals surface area contributed by atoms with Gasteiger partial charge in [0.1, 0.15) is 5.82 Å². The average molecular weight is 398 g/mol. The van der Waals surface area contributed by atoms with E-state index in [2.05, 4.69) is 55.8 Å². The summed E-state index contributed by atoms with van der Waals surface area (Å²) in [4.78, 5) is 12.5. The Kier molecular flexibility index (Phi) is 8.50. The molecular formula is C22H31N5S. The smallest absolute Gasteiger partial charge is 0.193 e. The first kappa shape index (κ1) is 20.5. The van der Waals surface area contributed by atoms with E-state index in [0.29, 0.717) is 0 Å². The molecule has 0 radical (unpaired) electrons. The number of guanidine groups is 1. The molecule has 1 fully saturated rings. The van der Waals surface area contributed by atoms with E-state index in [9.17, 15) is 0 Å². The van der Waals surface area contributed by atoms with Crippen molar-refractivity contribution in [1.82, 2.24) is 15.2 Å². The number of nitrogens with one attached hydrogen (secondary N) is 2. The molecule has 0 amide bonds. The second kappa shape index (κ2) is 11.6. The SMILES string of the molecule is CN=C(NCCCCNc1ccccn1)N1CCC(CSc2ccccc2)C1. The van der Waals surface area contributed by atoms with Gasteiger partial charge >= 0.3 is 0 Å². The maximum atomic E-state index is 4.49. The molecule has 5 nitrogen and oxygen atoms in total. The highest BCUT2D eigenvalue weighted by atomic mass is 32.2. The molecule has 1 aromatic heterocycles. The van der Waals surface area contributed by atoms with Gasteiger partial charge in [-0.3, -0.25) is 4.99 Å². The molecule has 150 valence electrons. The van der Waals surface area contributed by atoms with Crippen molar-refractivity contribution in [3.8, 4) is 0 Å². The number of nitrogens with zero attached hydrogens (tertiary/aromatic N) is 3. The topological polar surface area (TPSA) is 52.6 Å². The molecule has 0 aliphatic carbocycles. The van der Waals surface area contributed by atoms with Gasteiger partial charge in [-0.1, -0.05) is 24.3 Å². The van der Waals surface area contributed by atoms with E-state index >= 15 is 0 Å². The van der Waals surface area contributed by atoms with Crippen LogP contribution in [0.2, 0.25) is 0 Å². The number of hydrogen-bond donors (Lipinski definition) is 2. The van der Waals surface area contributed by atoms with Gasteiger partial charge in [-0.15, -0.1) is 11.8 Å². The first-order chi connectivity index (χ1) is 13.8. The summed E-state index contributed by atoms with van der Waals surface area (Å²) in [5.41, 5.74) is 0. The van der Waals surface area contributed by atoms with Crippen LogP contribution in [0.25, 0.3) is 0 Å². The molecule has 2 N–H and O–H groups in total. The number of unbranched alkanes of at least 4 members (excludes halogenated alkanes) is 1. The van der Waals surface area contributed by atoms with E-state index in [1.165, 1.54) is 17.1 Å². The normalized spacial score (nSPS) is 17.0. The Morgan fingerprint density at radius 1 is 1.14 bits per heavy atom. The zero-order valence-electron chi connectivity index (χ0n) is 16.7. The van der Waals surface area contributed by atoms with Gasteiger partial charge in [-0.05, 0) is 49.4 Å². The van der Waals surface area contributed by atoms with Crippen LogP contribution in [0.5, 0.6) is 0 Å². The molecule has 3 rings (SSSR count). The lowest BCUT2D eigenvalue weighted by Gasteiger charge is -2.21. The second-order valence-electron chi connectivity index (χ2n) is 7.05. The predicted molar refractivity (Wildman–Crippen MR) is 120 cm³/mol. The molecule has 0 spiro atoms. The average Bonchev–Trinajstić information content (AvgIpc) is 3.22.